The molecule has 0 saturated carbocycles. The Kier molecular flexibility index (Phi) is 6.29. The molecule has 0 unspecified atom stereocenters. The van der Waals surface area contributed by atoms with Crippen molar-refractivity contribution in [3.05, 3.63) is 64.8 Å². The maximum absolute atomic E-state index is 14.5. The number of nitrogens with zero attached hydrogens (tertiary/aromatic N) is 1. The Morgan fingerprint density at radius 2 is 1.78 bits per heavy atom. The van der Waals surface area contributed by atoms with Gasteiger partial charge in [0.15, 0.2) is 0 Å². The molecule has 0 radical (unpaired) electrons. The van der Waals surface area contributed by atoms with Gasteiger partial charge >= 0.3 is 0 Å². The van der Waals surface area contributed by atoms with Crippen LogP contribution in [0.2, 0.25) is 0 Å². The zero-order valence-electron chi connectivity index (χ0n) is 18.6. The first-order valence-corrected chi connectivity index (χ1v) is 13.0. The maximum atomic E-state index is 14.5. The zero-order chi connectivity index (χ0) is 23.0. The lowest BCUT2D eigenvalue weighted by molar-refractivity contribution is 0.407. The monoisotopic (exact) mass is 473 g/mol. The molecule has 32 heavy (non-hydrogen) atoms. The Morgan fingerprint density at radius 3 is 2.41 bits per heavy atom. The fraction of sp³-hybridized carbons (Fsp3) is 0.333. The molecular formula is C24H28FN3O2S2. The van der Waals surface area contributed by atoms with E-state index in [1.165, 1.54) is 11.6 Å². The SMILES string of the molecule is Cc1csc(-c2ccc(S(=O)(=O)Nc3cc(N4C[C@@H](C)N[C@@H](C)C4)ccc3F)cc2C)c1. The molecule has 0 spiro atoms. The minimum atomic E-state index is -3.94. The summed E-state index contributed by atoms with van der Waals surface area (Å²) in [6.45, 7) is 9.65. The van der Waals surface area contributed by atoms with Crippen molar-refractivity contribution in [1.82, 2.24) is 5.32 Å². The lowest BCUT2D eigenvalue weighted by Gasteiger charge is -2.37. The van der Waals surface area contributed by atoms with Crippen molar-refractivity contribution in [2.45, 2.75) is 44.7 Å². The predicted molar refractivity (Wildman–Crippen MR) is 131 cm³/mol. The third kappa shape index (κ3) is 4.82. The fourth-order valence-corrected chi connectivity index (χ4v) is 6.32. The van der Waals surface area contributed by atoms with E-state index in [9.17, 15) is 12.8 Å². The third-order valence-electron chi connectivity index (χ3n) is 5.62. The van der Waals surface area contributed by atoms with Crippen LogP contribution in [0.15, 0.2) is 52.7 Å². The number of nitrogens with one attached hydrogen (secondary N) is 2. The molecule has 3 aromatic rings. The quantitative estimate of drug-likeness (QED) is 0.537. The third-order valence-corrected chi connectivity index (χ3v) is 8.07. The van der Waals surface area contributed by atoms with Crippen molar-refractivity contribution >= 4 is 32.7 Å². The summed E-state index contributed by atoms with van der Waals surface area (Å²) in [7, 11) is -3.94. The average Bonchev–Trinajstić information content (AvgIpc) is 3.14. The highest BCUT2D eigenvalue weighted by molar-refractivity contribution is 7.92. The molecule has 0 amide bonds. The van der Waals surface area contributed by atoms with Crippen LogP contribution in [-0.2, 0) is 10.0 Å². The van der Waals surface area contributed by atoms with E-state index >= 15 is 0 Å². The van der Waals surface area contributed by atoms with Gasteiger partial charge in [0.05, 0.1) is 10.6 Å². The average molecular weight is 474 g/mol. The van der Waals surface area contributed by atoms with Crippen LogP contribution in [0.1, 0.15) is 25.0 Å². The van der Waals surface area contributed by atoms with Crippen molar-refractivity contribution in [1.29, 1.82) is 0 Å². The molecule has 170 valence electrons. The largest absolute Gasteiger partial charge is 0.368 e. The maximum Gasteiger partial charge on any atom is 0.261 e. The predicted octanol–water partition coefficient (Wildman–Crippen LogP) is 5.16. The molecule has 4 rings (SSSR count). The second-order valence-electron chi connectivity index (χ2n) is 8.61. The minimum absolute atomic E-state index is 0.0445. The number of benzene rings is 2. The van der Waals surface area contributed by atoms with Crippen molar-refractivity contribution in [2.24, 2.45) is 0 Å². The Bertz CT molecular complexity index is 1230. The van der Waals surface area contributed by atoms with Crippen molar-refractivity contribution < 1.29 is 12.8 Å². The molecule has 0 bridgehead atoms. The van der Waals surface area contributed by atoms with Gasteiger partial charge in [0.25, 0.3) is 10.0 Å². The molecule has 2 atom stereocenters. The van der Waals surface area contributed by atoms with E-state index in [2.05, 4.69) is 40.2 Å². The van der Waals surface area contributed by atoms with Crippen molar-refractivity contribution in [3.63, 3.8) is 0 Å². The fourth-order valence-electron chi connectivity index (χ4n) is 4.18. The van der Waals surface area contributed by atoms with E-state index in [1.54, 1.807) is 35.6 Å². The van der Waals surface area contributed by atoms with Gasteiger partial charge in [0, 0.05) is 35.7 Å². The summed E-state index contributed by atoms with van der Waals surface area (Å²) in [5.41, 5.74) is 3.78. The van der Waals surface area contributed by atoms with Crippen LogP contribution >= 0.6 is 11.3 Å². The molecule has 1 fully saturated rings. The number of hydrogen-bond acceptors (Lipinski definition) is 5. The van der Waals surface area contributed by atoms with Crippen molar-refractivity contribution in [3.8, 4) is 10.4 Å². The number of hydrogen-bond donors (Lipinski definition) is 2. The Labute approximate surface area is 193 Å². The van der Waals surface area contributed by atoms with Gasteiger partial charge in [-0.2, -0.15) is 0 Å². The normalized spacial score (nSPS) is 19.2. The number of thiophene rings is 1. The molecule has 8 heteroatoms. The standard InChI is InChI=1S/C24H28FN3O2S2/c1-15-9-24(31-14-15)21-7-6-20(10-16(21)2)32(29,30)27-23-11-19(5-8-22(23)25)28-12-17(3)26-18(4)13-28/h5-11,14,17-18,26-27H,12-13H2,1-4H3/t17-,18+. The zero-order valence-corrected chi connectivity index (χ0v) is 20.3. The summed E-state index contributed by atoms with van der Waals surface area (Å²) < 4.78 is 43.1. The van der Waals surface area contributed by atoms with Gasteiger partial charge in [-0.15, -0.1) is 11.3 Å². The van der Waals surface area contributed by atoms with E-state index in [0.717, 1.165) is 34.8 Å². The van der Waals surface area contributed by atoms with Gasteiger partial charge < -0.3 is 10.2 Å². The lowest BCUT2D eigenvalue weighted by Crippen LogP contribution is -2.54. The highest BCUT2D eigenvalue weighted by Crippen LogP contribution is 2.32. The summed E-state index contributed by atoms with van der Waals surface area (Å²) in [6, 6.07) is 12.3. The minimum Gasteiger partial charge on any atom is -0.368 e. The summed E-state index contributed by atoms with van der Waals surface area (Å²) >= 11 is 1.63. The number of aryl methyl sites for hydroxylation is 2. The molecule has 1 aromatic heterocycles. The van der Waals surface area contributed by atoms with Gasteiger partial charge in [-0.1, -0.05) is 6.07 Å². The van der Waals surface area contributed by atoms with E-state index in [-0.39, 0.29) is 22.7 Å². The van der Waals surface area contributed by atoms with Gasteiger partial charge in [0.1, 0.15) is 5.82 Å². The highest BCUT2D eigenvalue weighted by Gasteiger charge is 2.23. The number of anilines is 2. The molecule has 2 heterocycles. The molecule has 2 N–H and O–H groups in total. The van der Waals surface area contributed by atoms with Crippen LogP contribution in [0.25, 0.3) is 10.4 Å². The lowest BCUT2D eigenvalue weighted by atomic mass is 10.1. The number of rotatable bonds is 5. The molecule has 0 aliphatic carbocycles. The van der Waals surface area contributed by atoms with Crippen LogP contribution < -0.4 is 14.9 Å². The number of piperazine rings is 1. The van der Waals surface area contributed by atoms with E-state index in [4.69, 9.17) is 0 Å². The van der Waals surface area contributed by atoms with Crippen LogP contribution in [0, 0.1) is 19.7 Å². The van der Waals surface area contributed by atoms with Gasteiger partial charge in [-0.3, -0.25) is 4.72 Å². The van der Waals surface area contributed by atoms with Gasteiger partial charge in [-0.25, -0.2) is 12.8 Å². The number of sulfonamides is 1. The van der Waals surface area contributed by atoms with Crippen LogP contribution in [0.3, 0.4) is 0 Å². The Hall–Kier alpha value is -2.42. The first-order valence-electron chi connectivity index (χ1n) is 10.6. The van der Waals surface area contributed by atoms with Gasteiger partial charge in [0.2, 0.25) is 0 Å². The van der Waals surface area contributed by atoms with E-state index < -0.39 is 15.8 Å². The first-order chi connectivity index (χ1) is 15.1. The van der Waals surface area contributed by atoms with Crippen LogP contribution in [0.4, 0.5) is 15.8 Å². The number of halogens is 1. The second kappa shape index (κ2) is 8.84. The van der Waals surface area contributed by atoms with Crippen LogP contribution in [-0.4, -0.2) is 33.6 Å². The smallest absolute Gasteiger partial charge is 0.261 e. The van der Waals surface area contributed by atoms with Crippen molar-refractivity contribution in [2.75, 3.05) is 22.7 Å². The Morgan fingerprint density at radius 1 is 1.06 bits per heavy atom. The van der Waals surface area contributed by atoms with Crippen LogP contribution in [0.5, 0.6) is 0 Å². The molecule has 1 aliphatic heterocycles. The van der Waals surface area contributed by atoms with Gasteiger partial charge in [-0.05, 0) is 86.2 Å². The highest BCUT2D eigenvalue weighted by atomic mass is 32.2. The molecule has 1 aliphatic rings. The summed E-state index contributed by atoms with van der Waals surface area (Å²) in [4.78, 5) is 3.35. The topological polar surface area (TPSA) is 61.4 Å². The Balaban J connectivity index is 1.60. The van der Waals surface area contributed by atoms with E-state index in [0.29, 0.717) is 0 Å². The summed E-state index contributed by atoms with van der Waals surface area (Å²) in [5.74, 6) is -0.601. The summed E-state index contributed by atoms with van der Waals surface area (Å²) in [5, 5.41) is 5.53. The second-order valence-corrected chi connectivity index (χ2v) is 11.2. The molecule has 2 aromatic carbocycles. The summed E-state index contributed by atoms with van der Waals surface area (Å²) in [6.07, 6.45) is 0. The molecular weight excluding hydrogens is 445 g/mol. The van der Waals surface area contributed by atoms with E-state index in [1.807, 2.05) is 19.9 Å². The first kappa shape index (κ1) is 22.8. The molecule has 5 nitrogen and oxygen atoms in total. The molecule has 1 saturated heterocycles.